The summed E-state index contributed by atoms with van der Waals surface area (Å²) in [6.45, 7) is 53.8. The molecule has 2 atom stereocenters. The van der Waals surface area contributed by atoms with Gasteiger partial charge in [-0.2, -0.15) is 10.5 Å². The van der Waals surface area contributed by atoms with Crippen LogP contribution in [0.25, 0.3) is 24.2 Å². The zero-order chi connectivity index (χ0) is 43.3. The molecule has 1 N–H and O–H groups in total. The average Bonchev–Trinajstić information content (AvgIpc) is 3.22. The molecule has 0 amide bonds. The van der Waals surface area contributed by atoms with Crippen molar-refractivity contribution in [3.05, 3.63) is 57.1 Å². The fourth-order valence-electron chi connectivity index (χ4n) is 3.16. The highest BCUT2D eigenvalue weighted by Crippen LogP contribution is 2.11. The van der Waals surface area contributed by atoms with Crippen LogP contribution < -0.4 is 0 Å². The molecule has 0 bridgehead atoms. The van der Waals surface area contributed by atoms with Crippen molar-refractivity contribution in [1.29, 1.82) is 20.6 Å². The van der Waals surface area contributed by atoms with Crippen LogP contribution in [-0.2, 0) is 36.1 Å². The molecule has 2 unspecified atom stereocenters. The molecule has 0 heterocycles. The lowest BCUT2D eigenvalue weighted by molar-refractivity contribution is -0.0573. The third kappa shape index (κ3) is 88.7. The van der Waals surface area contributed by atoms with E-state index >= 15 is 0 Å². The summed E-state index contributed by atoms with van der Waals surface area (Å²) in [5.41, 5.74) is 0. The van der Waals surface area contributed by atoms with Gasteiger partial charge in [0.1, 0.15) is 19.3 Å². The van der Waals surface area contributed by atoms with Crippen LogP contribution in [0.4, 0.5) is 0 Å². The minimum atomic E-state index is -0.112. The Balaban J connectivity index is -0.0000000874. The van der Waals surface area contributed by atoms with Crippen LogP contribution in [-0.4, -0.2) is 98.3 Å². The van der Waals surface area contributed by atoms with E-state index in [4.69, 9.17) is 77.1 Å². The summed E-state index contributed by atoms with van der Waals surface area (Å²) in [5, 5.41) is 23.5. The molecule has 15 heteroatoms. The highest BCUT2D eigenvalue weighted by Gasteiger charge is 2.10. The summed E-state index contributed by atoms with van der Waals surface area (Å²) in [7, 11) is 0. The van der Waals surface area contributed by atoms with Gasteiger partial charge in [0.2, 0.25) is 32.7 Å². The van der Waals surface area contributed by atoms with Crippen molar-refractivity contribution in [3.63, 3.8) is 0 Å². The molecule has 0 saturated heterocycles. The number of nitrogens with zero attached hydrogens (tertiary/aromatic N) is 8. The second kappa shape index (κ2) is 78.7. The molecule has 55 heavy (non-hydrogen) atoms. The van der Waals surface area contributed by atoms with E-state index in [0.717, 1.165) is 58.0 Å². The summed E-state index contributed by atoms with van der Waals surface area (Å²) in [4.78, 5) is 15.9. The quantitative estimate of drug-likeness (QED) is 0.0630. The van der Waals surface area contributed by atoms with Crippen LogP contribution in [0.15, 0.2) is 0 Å². The van der Waals surface area contributed by atoms with Crippen LogP contribution in [0.5, 0.6) is 0 Å². The zero-order valence-corrected chi connectivity index (χ0v) is 35.3. The number of ether oxygens (including phenoxy) is 5. The van der Waals surface area contributed by atoms with E-state index in [-0.39, 0.29) is 13.4 Å². The predicted octanol–water partition coefficient (Wildman–Crippen LogP) is 9.72. The third-order valence-corrected chi connectivity index (χ3v) is 5.83. The molecule has 0 aliphatic heterocycles. The number of rotatable bonds is 27. The van der Waals surface area contributed by atoms with Crippen LogP contribution in [0, 0.1) is 78.1 Å². The monoisotopic (exact) mass is 790 g/mol. The molecular weight excluding hydrogens is 719 g/mol. The van der Waals surface area contributed by atoms with Gasteiger partial charge in [-0.25, -0.2) is 42.9 Å². The second-order valence-electron chi connectivity index (χ2n) is 10.6. The van der Waals surface area contributed by atoms with E-state index in [0.29, 0.717) is 92.0 Å². The van der Waals surface area contributed by atoms with Crippen molar-refractivity contribution < 1.29 is 25.1 Å². The maximum atomic E-state index is 8.63. The Kier molecular flexibility index (Phi) is 93.9. The van der Waals surface area contributed by atoms with Crippen molar-refractivity contribution >= 4 is 12.4 Å². The molecule has 14 nitrogen and oxygen atoms in total. The second-order valence-corrected chi connectivity index (χ2v) is 10.6. The predicted molar refractivity (Wildman–Crippen MR) is 223 cm³/mol. The Hall–Kier alpha value is -4.26. The van der Waals surface area contributed by atoms with E-state index in [1.807, 2.05) is 19.9 Å². The van der Waals surface area contributed by atoms with Crippen molar-refractivity contribution in [1.82, 2.24) is 0 Å². The first kappa shape index (κ1) is 65.6. The first-order valence-corrected chi connectivity index (χ1v) is 19.2. The minimum Gasteiger partial charge on any atom is -0.379 e. The lowest BCUT2D eigenvalue weighted by Crippen LogP contribution is -2.27. The standard InChI is InChI=1S/C12H20N2O3.C9H14N2.C8H15NO2.C6H11N.C4H7N.CHN.HNS.H2/c1-3-7-17-12(10-15-8-4-5-13)11-16-9-6-14-2;1-3-4-5-9(8-10)6-7-11-2;1-3-5-10-7-8-11-6-4-9-2;1-3-4-5-6-7-2;1-3-4-5-2;2*1-2;/h12H,3-4,6-11H2,1H3;9H,3-7H2,1H3;3-8H2,1H3;3-6H2,1H3;3-4H2,1H3;2*1H;1H. The van der Waals surface area contributed by atoms with Gasteiger partial charge in [0.25, 0.3) is 0 Å². The Morgan fingerprint density at radius 3 is 1.47 bits per heavy atom. The highest BCUT2D eigenvalue weighted by molar-refractivity contribution is 7.45. The van der Waals surface area contributed by atoms with Gasteiger partial charge in [-0.1, -0.05) is 53.9 Å². The molecule has 0 saturated carbocycles. The van der Waals surface area contributed by atoms with Gasteiger partial charge in [-0.15, -0.1) is 0 Å². The Bertz CT molecular complexity index is 1020. The molecule has 312 valence electrons. The number of nitriles is 3. The highest BCUT2D eigenvalue weighted by atomic mass is 32.1. The van der Waals surface area contributed by atoms with Gasteiger partial charge < -0.3 is 47.9 Å². The summed E-state index contributed by atoms with van der Waals surface area (Å²) in [5.74, 6) is 0.115. The summed E-state index contributed by atoms with van der Waals surface area (Å²) < 4.78 is 31.7. The van der Waals surface area contributed by atoms with Crippen molar-refractivity contribution in [3.8, 4) is 18.7 Å². The minimum absolute atomic E-state index is 0. The smallest absolute Gasteiger partial charge is 0.237 e. The summed E-state index contributed by atoms with van der Waals surface area (Å²) >= 11 is 3.33. The lowest BCUT2D eigenvalue weighted by Gasteiger charge is -2.17. The van der Waals surface area contributed by atoms with Crippen LogP contribution in [0.1, 0.15) is 107 Å². The van der Waals surface area contributed by atoms with Crippen molar-refractivity contribution in [2.24, 2.45) is 5.92 Å². The Morgan fingerprint density at radius 1 is 0.564 bits per heavy atom. The van der Waals surface area contributed by atoms with Gasteiger partial charge in [-0.3, -0.25) is 0 Å². The van der Waals surface area contributed by atoms with E-state index in [9.17, 15) is 0 Å². The molecule has 0 aromatic carbocycles. The largest absolute Gasteiger partial charge is 0.379 e. The maximum Gasteiger partial charge on any atom is 0.237 e. The van der Waals surface area contributed by atoms with Gasteiger partial charge in [0.15, 0.2) is 0 Å². The van der Waals surface area contributed by atoms with Crippen LogP contribution in [0.3, 0.4) is 0 Å². The molecule has 0 aliphatic rings. The third-order valence-electron chi connectivity index (χ3n) is 5.83. The number of hydrogen-bond acceptors (Lipinski definition) is 10. The fraction of sp³-hybridized carbons (Fsp3) is 0.800. The van der Waals surface area contributed by atoms with E-state index < -0.39 is 0 Å². The van der Waals surface area contributed by atoms with Gasteiger partial charge in [-0.05, 0) is 25.7 Å². The topological polar surface area (TPSA) is 163 Å². The molecule has 0 aromatic rings. The number of hydrogen-bond donors (Lipinski definition) is 1. The van der Waals surface area contributed by atoms with E-state index in [1.54, 1.807) is 0 Å². The fourth-order valence-corrected chi connectivity index (χ4v) is 3.16. The SMILES string of the molecule is C#N.N=S.[C-]#[N+]CCC.[C-]#[N+]CCC(C#N)CCCC.[C-]#[N+]CCCCC.[C-]#[N+]CCOCC(COCCC#N)OCCC.[C-]#[N+]CCOCCOCCC.[HH]. The van der Waals surface area contributed by atoms with E-state index in [1.165, 1.54) is 12.8 Å². The molecule has 0 fully saturated rings. The van der Waals surface area contributed by atoms with Gasteiger partial charge >= 0.3 is 0 Å². The Labute approximate surface area is 342 Å². The van der Waals surface area contributed by atoms with Crippen molar-refractivity contribution in [2.45, 2.75) is 111 Å². The molecule has 0 aromatic heterocycles. The molecule has 0 spiro atoms. The van der Waals surface area contributed by atoms with Gasteiger partial charge in [0, 0.05) is 52.9 Å². The lowest BCUT2D eigenvalue weighted by atomic mass is 10.0. The number of nitrogens with one attached hydrogen (secondary N) is 1. The average molecular weight is 790 g/mol. The zero-order valence-electron chi connectivity index (χ0n) is 34.4. The molecule has 0 aliphatic carbocycles. The van der Waals surface area contributed by atoms with Crippen LogP contribution >= 0.6 is 0 Å². The van der Waals surface area contributed by atoms with Crippen molar-refractivity contribution in [2.75, 3.05) is 92.2 Å². The van der Waals surface area contributed by atoms with E-state index in [2.05, 4.69) is 70.1 Å². The molecule has 0 rings (SSSR count). The summed E-state index contributed by atoms with van der Waals surface area (Å²) in [6.07, 6.45) is 10.7. The first-order chi connectivity index (χ1) is 26.9. The summed E-state index contributed by atoms with van der Waals surface area (Å²) in [6, 6.07) is 4.24. The van der Waals surface area contributed by atoms with Gasteiger partial charge in [0.05, 0.1) is 57.5 Å². The normalized spacial score (nSPS) is 9.53. The Morgan fingerprint density at radius 2 is 1.05 bits per heavy atom. The molecular formula is C40H71N9O5S. The number of unbranched alkanes of at least 4 members (excludes halogenated alkanes) is 3. The van der Waals surface area contributed by atoms with Crippen LogP contribution in [0.2, 0.25) is 0 Å². The molecule has 0 radical (unpaired) electrons. The maximum absolute atomic E-state index is 8.63. The first-order valence-electron chi connectivity index (χ1n) is 18.8.